The fourth-order valence-electron chi connectivity index (χ4n) is 5.05. The summed E-state index contributed by atoms with van der Waals surface area (Å²) < 4.78 is 39.4. The Hall–Kier alpha value is -2.12. The number of benzene rings is 2. The summed E-state index contributed by atoms with van der Waals surface area (Å²) in [6.45, 7) is 2.52. The van der Waals surface area contributed by atoms with Crippen LogP contribution in [0.4, 0.5) is 13.2 Å². The van der Waals surface area contributed by atoms with Crippen molar-refractivity contribution in [3.05, 3.63) is 75.8 Å². The van der Waals surface area contributed by atoms with Gasteiger partial charge in [0.25, 0.3) is 0 Å². The molecule has 1 aliphatic heterocycles. The zero-order valence-electron chi connectivity index (χ0n) is 19.1. The van der Waals surface area contributed by atoms with E-state index in [1.807, 2.05) is 29.2 Å². The number of likely N-dealkylation sites (tertiary alicyclic amines) is 1. The number of hydrogen-bond acceptors (Lipinski definition) is 2. The van der Waals surface area contributed by atoms with Crippen molar-refractivity contribution in [2.24, 2.45) is 0 Å². The lowest BCUT2D eigenvalue weighted by atomic mass is 9.99. The van der Waals surface area contributed by atoms with Crippen molar-refractivity contribution in [1.82, 2.24) is 9.80 Å². The minimum atomic E-state index is -4.37. The normalized spacial score (nSPS) is 18.6. The molecule has 182 valence electrons. The van der Waals surface area contributed by atoms with Crippen LogP contribution in [0.5, 0.6) is 0 Å². The van der Waals surface area contributed by atoms with Crippen LogP contribution in [0.25, 0.3) is 6.08 Å². The first-order valence-corrected chi connectivity index (χ1v) is 12.7. The molecule has 7 heteroatoms. The number of carbonyl (C=O) groups is 1. The van der Waals surface area contributed by atoms with Crippen LogP contribution in [0.15, 0.2) is 59.1 Å². The lowest BCUT2D eigenvalue weighted by molar-refractivity contribution is -0.137. The molecule has 34 heavy (non-hydrogen) atoms. The maximum Gasteiger partial charge on any atom is 0.416 e. The molecule has 2 aromatic carbocycles. The Morgan fingerprint density at radius 1 is 0.971 bits per heavy atom. The summed E-state index contributed by atoms with van der Waals surface area (Å²) in [5.74, 6) is -0.109. The number of halogens is 4. The van der Waals surface area contributed by atoms with Gasteiger partial charge in [0.1, 0.15) is 0 Å². The van der Waals surface area contributed by atoms with E-state index in [0.717, 1.165) is 48.1 Å². The molecule has 0 aromatic heterocycles. The second kappa shape index (κ2) is 11.1. The van der Waals surface area contributed by atoms with Crippen molar-refractivity contribution < 1.29 is 18.0 Å². The van der Waals surface area contributed by atoms with Crippen LogP contribution in [-0.2, 0) is 17.5 Å². The van der Waals surface area contributed by atoms with Crippen molar-refractivity contribution in [1.29, 1.82) is 0 Å². The van der Waals surface area contributed by atoms with Crippen LogP contribution in [0.3, 0.4) is 0 Å². The molecule has 0 atom stereocenters. The zero-order valence-corrected chi connectivity index (χ0v) is 20.7. The van der Waals surface area contributed by atoms with Crippen LogP contribution in [0.2, 0.25) is 0 Å². The monoisotopic (exact) mass is 534 g/mol. The van der Waals surface area contributed by atoms with E-state index < -0.39 is 11.7 Å². The van der Waals surface area contributed by atoms with Gasteiger partial charge in [-0.2, -0.15) is 13.2 Å². The van der Waals surface area contributed by atoms with Gasteiger partial charge in [-0.05, 0) is 67.2 Å². The first-order valence-electron chi connectivity index (χ1n) is 11.9. The van der Waals surface area contributed by atoms with E-state index in [1.165, 1.54) is 43.9 Å². The fourth-order valence-corrected chi connectivity index (χ4v) is 5.32. The van der Waals surface area contributed by atoms with Crippen LogP contribution >= 0.6 is 15.9 Å². The Kier molecular flexibility index (Phi) is 8.14. The number of alkyl halides is 3. The summed E-state index contributed by atoms with van der Waals surface area (Å²) in [5, 5.41) is 0. The Morgan fingerprint density at radius 2 is 1.59 bits per heavy atom. The van der Waals surface area contributed by atoms with Gasteiger partial charge in [-0.1, -0.05) is 53.0 Å². The molecule has 1 amide bonds. The maximum absolute atomic E-state index is 13.3. The largest absolute Gasteiger partial charge is 0.416 e. The van der Waals surface area contributed by atoms with Crippen LogP contribution in [0.1, 0.15) is 55.2 Å². The summed E-state index contributed by atoms with van der Waals surface area (Å²) in [4.78, 5) is 17.8. The zero-order chi connectivity index (χ0) is 24.1. The van der Waals surface area contributed by atoms with Crippen molar-refractivity contribution in [3.63, 3.8) is 0 Å². The number of amides is 1. The van der Waals surface area contributed by atoms with Crippen molar-refractivity contribution in [2.75, 3.05) is 13.1 Å². The quantitative estimate of drug-likeness (QED) is 0.375. The molecule has 1 heterocycles. The molecule has 0 N–H and O–H groups in total. The Bertz CT molecular complexity index is 974. The number of carbonyl (C=O) groups excluding carboxylic acids is 1. The Morgan fingerprint density at radius 3 is 2.18 bits per heavy atom. The molecule has 0 unspecified atom stereocenters. The summed E-state index contributed by atoms with van der Waals surface area (Å²) >= 11 is 3.46. The third-order valence-corrected chi connectivity index (χ3v) is 7.52. The van der Waals surface area contributed by atoms with E-state index in [4.69, 9.17) is 0 Å². The van der Waals surface area contributed by atoms with E-state index in [2.05, 4.69) is 20.8 Å². The average molecular weight is 535 g/mol. The number of rotatable bonds is 6. The van der Waals surface area contributed by atoms with Crippen molar-refractivity contribution >= 4 is 27.9 Å². The Labute approximate surface area is 207 Å². The van der Waals surface area contributed by atoms with Gasteiger partial charge in [0.15, 0.2) is 0 Å². The summed E-state index contributed by atoms with van der Waals surface area (Å²) in [6, 6.07) is 13.7. The highest BCUT2D eigenvalue weighted by Gasteiger charge is 2.31. The smallest absolute Gasteiger partial charge is 0.332 e. The highest BCUT2D eigenvalue weighted by Crippen LogP contribution is 2.30. The molecule has 1 aliphatic carbocycles. The van der Waals surface area contributed by atoms with Gasteiger partial charge in [0.05, 0.1) is 5.56 Å². The molecular formula is C27H30BrF3N2O. The second-order valence-corrected chi connectivity index (χ2v) is 10.2. The molecule has 1 saturated carbocycles. The molecule has 3 nitrogen and oxygen atoms in total. The van der Waals surface area contributed by atoms with Crippen LogP contribution in [-0.4, -0.2) is 40.9 Å². The lowest BCUT2D eigenvalue weighted by Crippen LogP contribution is -2.48. The molecule has 2 aromatic rings. The molecule has 2 aliphatic rings. The third-order valence-electron chi connectivity index (χ3n) is 6.99. The highest BCUT2D eigenvalue weighted by molar-refractivity contribution is 9.10. The standard InChI is InChI=1S/C27H30BrF3N2O/c28-23-12-7-21(8-13-23)19-33(25-15-17-32(18-16-25)24-3-1-2-4-24)26(34)14-9-20-5-10-22(11-6-20)27(29,30)31/h5-14,24-25H,1-4,15-19H2/b14-9+. The van der Waals surface area contributed by atoms with Gasteiger partial charge >= 0.3 is 6.18 Å². The van der Waals surface area contributed by atoms with E-state index in [-0.39, 0.29) is 11.9 Å². The summed E-state index contributed by atoms with van der Waals surface area (Å²) in [6.07, 6.45) is 5.79. The number of hydrogen-bond donors (Lipinski definition) is 0. The second-order valence-electron chi connectivity index (χ2n) is 9.25. The van der Waals surface area contributed by atoms with E-state index in [1.54, 1.807) is 6.08 Å². The van der Waals surface area contributed by atoms with Gasteiger partial charge in [-0.25, -0.2) is 0 Å². The molecule has 0 bridgehead atoms. The molecular weight excluding hydrogens is 505 g/mol. The van der Waals surface area contributed by atoms with Crippen molar-refractivity contribution in [2.45, 2.75) is 63.3 Å². The summed E-state index contributed by atoms with van der Waals surface area (Å²) in [7, 11) is 0. The predicted molar refractivity (Wildman–Crippen MR) is 132 cm³/mol. The highest BCUT2D eigenvalue weighted by atomic mass is 79.9. The molecule has 1 saturated heterocycles. The summed E-state index contributed by atoms with van der Waals surface area (Å²) in [5.41, 5.74) is 0.931. The molecule has 0 spiro atoms. The first-order chi connectivity index (χ1) is 16.3. The molecule has 2 fully saturated rings. The van der Waals surface area contributed by atoms with Crippen LogP contribution in [0, 0.1) is 0 Å². The van der Waals surface area contributed by atoms with Gasteiger partial charge in [0, 0.05) is 42.3 Å². The average Bonchev–Trinajstić information content (AvgIpc) is 3.37. The molecule has 4 rings (SSSR count). The number of piperidine rings is 1. The van der Waals surface area contributed by atoms with Gasteiger partial charge < -0.3 is 9.80 Å². The minimum Gasteiger partial charge on any atom is -0.332 e. The fraction of sp³-hybridized carbons (Fsp3) is 0.444. The molecule has 0 radical (unpaired) electrons. The van der Waals surface area contributed by atoms with E-state index in [9.17, 15) is 18.0 Å². The lowest BCUT2D eigenvalue weighted by Gasteiger charge is -2.40. The Balaban J connectivity index is 1.46. The van der Waals surface area contributed by atoms with Crippen LogP contribution < -0.4 is 0 Å². The van der Waals surface area contributed by atoms with Gasteiger partial charge in [0.2, 0.25) is 5.91 Å². The first kappa shape index (κ1) is 25.0. The minimum absolute atomic E-state index is 0.109. The van der Waals surface area contributed by atoms with Crippen molar-refractivity contribution in [3.8, 4) is 0 Å². The topological polar surface area (TPSA) is 23.6 Å². The van der Waals surface area contributed by atoms with E-state index in [0.29, 0.717) is 18.2 Å². The SMILES string of the molecule is O=C(/C=C/c1ccc(C(F)(F)F)cc1)N(Cc1ccc(Br)cc1)C1CCN(C2CCCC2)CC1. The predicted octanol–water partition coefficient (Wildman–Crippen LogP) is 6.92. The number of nitrogens with zero attached hydrogens (tertiary/aromatic N) is 2. The van der Waals surface area contributed by atoms with Gasteiger partial charge in [-0.3, -0.25) is 4.79 Å². The maximum atomic E-state index is 13.3. The third kappa shape index (κ3) is 6.51. The van der Waals surface area contributed by atoms with E-state index >= 15 is 0 Å². The van der Waals surface area contributed by atoms with Gasteiger partial charge in [-0.15, -0.1) is 0 Å².